The summed E-state index contributed by atoms with van der Waals surface area (Å²) in [5.41, 5.74) is 1.97. The molecule has 0 aliphatic carbocycles. The number of nitrogens with zero attached hydrogens (tertiary/aromatic N) is 2. The molecule has 144 valence electrons. The molecule has 2 amide bonds. The lowest BCUT2D eigenvalue weighted by Crippen LogP contribution is -2.36. The summed E-state index contributed by atoms with van der Waals surface area (Å²) in [6.07, 6.45) is 3.52. The molecule has 0 fully saturated rings. The molecule has 0 saturated carbocycles. The molecule has 0 spiro atoms. The molecule has 0 atom stereocenters. The van der Waals surface area contributed by atoms with Crippen LogP contribution < -0.4 is 4.90 Å². The molecule has 2 rings (SSSR count). The largest absolute Gasteiger partial charge is 0.342 e. The highest BCUT2D eigenvalue weighted by Crippen LogP contribution is 2.18. The fourth-order valence-electron chi connectivity index (χ4n) is 3.04. The molecule has 0 radical (unpaired) electrons. The summed E-state index contributed by atoms with van der Waals surface area (Å²) in [6.45, 7) is 5.44. The van der Waals surface area contributed by atoms with Crippen molar-refractivity contribution in [3.63, 3.8) is 0 Å². The maximum Gasteiger partial charge on any atom is 0.229 e. The number of anilines is 1. The lowest BCUT2D eigenvalue weighted by Gasteiger charge is -2.26. The van der Waals surface area contributed by atoms with Crippen molar-refractivity contribution in [2.45, 2.75) is 46.1 Å². The Kier molecular flexibility index (Phi) is 8.56. The molecule has 4 heteroatoms. The lowest BCUT2D eigenvalue weighted by atomic mass is 10.1. The normalized spacial score (nSPS) is 10.4. The minimum absolute atomic E-state index is 0.0341. The van der Waals surface area contributed by atoms with Crippen molar-refractivity contribution in [1.82, 2.24) is 4.90 Å². The van der Waals surface area contributed by atoms with Gasteiger partial charge in [-0.2, -0.15) is 0 Å². The van der Waals surface area contributed by atoms with Crippen LogP contribution in [-0.2, 0) is 16.1 Å². The molecular formula is C23H30N2O2. The van der Waals surface area contributed by atoms with Gasteiger partial charge in [0.2, 0.25) is 11.8 Å². The Morgan fingerprint density at radius 3 is 2.07 bits per heavy atom. The van der Waals surface area contributed by atoms with E-state index in [0.29, 0.717) is 19.5 Å². The molecule has 0 saturated heterocycles. The molecule has 0 aliphatic heterocycles. The average Bonchev–Trinajstić information content (AvgIpc) is 2.69. The third-order valence-corrected chi connectivity index (χ3v) is 4.62. The molecule has 0 unspecified atom stereocenters. The first-order chi connectivity index (χ1) is 13.1. The van der Waals surface area contributed by atoms with Crippen molar-refractivity contribution in [2.75, 3.05) is 18.0 Å². The zero-order valence-electron chi connectivity index (χ0n) is 16.4. The van der Waals surface area contributed by atoms with Gasteiger partial charge < -0.3 is 9.80 Å². The summed E-state index contributed by atoms with van der Waals surface area (Å²) in [4.78, 5) is 28.5. The van der Waals surface area contributed by atoms with E-state index in [1.807, 2.05) is 60.7 Å². The lowest BCUT2D eigenvalue weighted by molar-refractivity contribution is -0.129. The van der Waals surface area contributed by atoms with Crippen LogP contribution in [0.15, 0.2) is 60.7 Å². The number of carbonyl (C=O) groups is 2. The summed E-state index contributed by atoms with van der Waals surface area (Å²) in [7, 11) is 0. The zero-order valence-corrected chi connectivity index (χ0v) is 16.4. The van der Waals surface area contributed by atoms with E-state index in [-0.39, 0.29) is 11.8 Å². The number of amides is 2. The summed E-state index contributed by atoms with van der Waals surface area (Å²) >= 11 is 0. The van der Waals surface area contributed by atoms with E-state index >= 15 is 0 Å². The highest BCUT2D eigenvalue weighted by Gasteiger charge is 2.18. The van der Waals surface area contributed by atoms with E-state index in [9.17, 15) is 9.59 Å². The number of para-hydroxylation sites is 1. The standard InChI is InChI=1S/C23H30N2O2/c1-3-4-11-17-24(20(2)26)18-16-23(27)25(22-14-9-6-10-15-22)19-21-12-7-5-8-13-21/h5-10,12-15H,3-4,11,16-19H2,1-2H3. The summed E-state index contributed by atoms with van der Waals surface area (Å²) in [6, 6.07) is 19.7. The van der Waals surface area contributed by atoms with E-state index < -0.39 is 0 Å². The maximum atomic E-state index is 13.0. The van der Waals surface area contributed by atoms with E-state index in [0.717, 1.165) is 37.1 Å². The first kappa shape index (κ1) is 20.7. The SMILES string of the molecule is CCCCCN(CCC(=O)N(Cc1ccccc1)c1ccccc1)C(C)=O. The Labute approximate surface area is 162 Å². The molecule has 27 heavy (non-hydrogen) atoms. The molecule has 2 aromatic carbocycles. The summed E-state index contributed by atoms with van der Waals surface area (Å²) in [5, 5.41) is 0. The van der Waals surface area contributed by atoms with Gasteiger partial charge in [0.25, 0.3) is 0 Å². The number of unbranched alkanes of at least 4 members (excludes halogenated alkanes) is 2. The van der Waals surface area contributed by atoms with Crippen LogP contribution in [0.3, 0.4) is 0 Å². The van der Waals surface area contributed by atoms with Gasteiger partial charge >= 0.3 is 0 Å². The maximum absolute atomic E-state index is 13.0. The van der Waals surface area contributed by atoms with Crippen LogP contribution >= 0.6 is 0 Å². The molecule has 0 aromatic heterocycles. The van der Waals surface area contributed by atoms with Crippen molar-refractivity contribution >= 4 is 17.5 Å². The van der Waals surface area contributed by atoms with Gasteiger partial charge in [0.05, 0.1) is 6.54 Å². The van der Waals surface area contributed by atoms with Crippen LogP contribution in [0.1, 0.15) is 45.1 Å². The second-order valence-electron chi connectivity index (χ2n) is 6.76. The fraction of sp³-hybridized carbons (Fsp3) is 0.391. The number of rotatable bonds is 10. The first-order valence-electron chi connectivity index (χ1n) is 9.76. The van der Waals surface area contributed by atoms with Crippen LogP contribution in [0.5, 0.6) is 0 Å². The summed E-state index contributed by atoms with van der Waals surface area (Å²) < 4.78 is 0. The van der Waals surface area contributed by atoms with E-state index in [1.54, 1.807) is 16.7 Å². The number of hydrogen-bond donors (Lipinski definition) is 0. The number of benzene rings is 2. The Morgan fingerprint density at radius 2 is 1.48 bits per heavy atom. The van der Waals surface area contributed by atoms with E-state index in [1.165, 1.54) is 0 Å². The summed E-state index contributed by atoms with van der Waals surface area (Å²) in [5.74, 6) is 0.0695. The predicted molar refractivity (Wildman–Crippen MR) is 110 cm³/mol. The van der Waals surface area contributed by atoms with Gasteiger partial charge in [-0.05, 0) is 24.1 Å². The van der Waals surface area contributed by atoms with Crippen molar-refractivity contribution in [3.8, 4) is 0 Å². The number of hydrogen-bond acceptors (Lipinski definition) is 2. The van der Waals surface area contributed by atoms with Crippen LogP contribution in [0.25, 0.3) is 0 Å². The Hall–Kier alpha value is -2.62. The molecule has 0 bridgehead atoms. The van der Waals surface area contributed by atoms with Gasteiger partial charge in [-0.25, -0.2) is 0 Å². The third-order valence-electron chi connectivity index (χ3n) is 4.62. The van der Waals surface area contributed by atoms with Crippen molar-refractivity contribution in [3.05, 3.63) is 66.2 Å². The molecule has 4 nitrogen and oxygen atoms in total. The van der Waals surface area contributed by atoms with E-state index in [4.69, 9.17) is 0 Å². The molecular weight excluding hydrogens is 336 g/mol. The van der Waals surface area contributed by atoms with Crippen LogP contribution in [-0.4, -0.2) is 29.8 Å². The van der Waals surface area contributed by atoms with Gasteiger partial charge in [0.1, 0.15) is 0 Å². The topological polar surface area (TPSA) is 40.6 Å². The highest BCUT2D eigenvalue weighted by atomic mass is 16.2. The molecule has 0 aliphatic rings. The molecule has 0 N–H and O–H groups in total. The molecule has 0 heterocycles. The zero-order chi connectivity index (χ0) is 19.5. The average molecular weight is 367 g/mol. The third kappa shape index (κ3) is 6.89. The smallest absolute Gasteiger partial charge is 0.229 e. The van der Waals surface area contributed by atoms with Gasteiger partial charge in [0, 0.05) is 32.1 Å². The Bertz CT molecular complexity index is 701. The number of carbonyl (C=O) groups excluding carboxylic acids is 2. The quantitative estimate of drug-likeness (QED) is 0.574. The second kappa shape index (κ2) is 11.2. The Balaban J connectivity index is 2.05. The predicted octanol–water partition coefficient (Wildman–Crippen LogP) is 4.65. The van der Waals surface area contributed by atoms with Gasteiger partial charge in [0.15, 0.2) is 0 Å². The van der Waals surface area contributed by atoms with Gasteiger partial charge in [-0.15, -0.1) is 0 Å². The first-order valence-corrected chi connectivity index (χ1v) is 9.76. The van der Waals surface area contributed by atoms with Crippen LogP contribution in [0.4, 0.5) is 5.69 Å². The van der Waals surface area contributed by atoms with Gasteiger partial charge in [-0.3, -0.25) is 9.59 Å². The highest BCUT2D eigenvalue weighted by molar-refractivity contribution is 5.93. The van der Waals surface area contributed by atoms with Crippen LogP contribution in [0, 0.1) is 0 Å². The minimum Gasteiger partial charge on any atom is -0.342 e. The van der Waals surface area contributed by atoms with Gasteiger partial charge in [-0.1, -0.05) is 68.3 Å². The second-order valence-corrected chi connectivity index (χ2v) is 6.76. The van der Waals surface area contributed by atoms with Crippen molar-refractivity contribution in [2.24, 2.45) is 0 Å². The minimum atomic E-state index is 0.0341. The fourth-order valence-corrected chi connectivity index (χ4v) is 3.04. The van der Waals surface area contributed by atoms with Crippen LogP contribution in [0.2, 0.25) is 0 Å². The monoisotopic (exact) mass is 366 g/mol. The van der Waals surface area contributed by atoms with Crippen molar-refractivity contribution in [1.29, 1.82) is 0 Å². The van der Waals surface area contributed by atoms with Crippen molar-refractivity contribution < 1.29 is 9.59 Å². The van der Waals surface area contributed by atoms with E-state index in [2.05, 4.69) is 6.92 Å². The molecule has 2 aromatic rings. The Morgan fingerprint density at radius 1 is 0.852 bits per heavy atom.